The molecule has 1 aliphatic rings. The Hall–Kier alpha value is -3.06. The van der Waals surface area contributed by atoms with E-state index in [1.807, 2.05) is 36.5 Å². The molecule has 29 heavy (non-hydrogen) atoms. The predicted molar refractivity (Wildman–Crippen MR) is 113 cm³/mol. The second kappa shape index (κ2) is 7.75. The Kier molecular flexibility index (Phi) is 4.81. The van der Waals surface area contributed by atoms with Gasteiger partial charge in [0.05, 0.1) is 17.4 Å². The van der Waals surface area contributed by atoms with Gasteiger partial charge in [-0.1, -0.05) is 54.2 Å². The number of nitrogens with one attached hydrogen (secondary N) is 2. The number of H-pyrrole nitrogens is 1. The van der Waals surface area contributed by atoms with E-state index >= 15 is 0 Å². The van der Waals surface area contributed by atoms with Crippen LogP contribution in [0.1, 0.15) is 30.0 Å². The molecule has 1 atom stereocenters. The fourth-order valence-electron chi connectivity index (χ4n) is 3.89. The lowest BCUT2D eigenvalue weighted by molar-refractivity contribution is -0.119. The third kappa shape index (κ3) is 3.65. The van der Waals surface area contributed by atoms with E-state index in [4.69, 9.17) is 4.42 Å². The first kappa shape index (κ1) is 18.0. The van der Waals surface area contributed by atoms with Gasteiger partial charge in [0, 0.05) is 17.1 Å². The Balaban J connectivity index is 1.23. The van der Waals surface area contributed by atoms with E-state index in [0.717, 1.165) is 35.7 Å². The topological polar surface area (TPSA) is 83.8 Å². The average Bonchev–Trinajstić information content (AvgIpc) is 3.39. The van der Waals surface area contributed by atoms with Gasteiger partial charge in [-0.3, -0.25) is 4.79 Å². The van der Waals surface area contributed by atoms with Crippen molar-refractivity contribution in [2.75, 3.05) is 5.75 Å². The minimum Gasteiger partial charge on any atom is -0.411 e. The van der Waals surface area contributed by atoms with E-state index < -0.39 is 0 Å². The second-order valence-corrected chi connectivity index (χ2v) is 8.05. The number of aromatic amines is 1. The van der Waals surface area contributed by atoms with E-state index in [2.05, 4.69) is 38.7 Å². The highest BCUT2D eigenvalue weighted by molar-refractivity contribution is 7.99. The number of carbonyl (C=O) groups is 1. The molecule has 0 saturated heterocycles. The van der Waals surface area contributed by atoms with Crippen LogP contribution in [-0.2, 0) is 11.2 Å². The van der Waals surface area contributed by atoms with Crippen LogP contribution in [0.4, 0.5) is 0 Å². The van der Waals surface area contributed by atoms with Crippen LogP contribution < -0.4 is 5.32 Å². The van der Waals surface area contributed by atoms with E-state index in [1.54, 1.807) is 0 Å². The summed E-state index contributed by atoms with van der Waals surface area (Å²) in [6, 6.07) is 16.4. The van der Waals surface area contributed by atoms with Crippen molar-refractivity contribution in [3.63, 3.8) is 0 Å². The SMILES string of the molecule is O=C(CSc1nnc(-c2c[nH]c3ccccc23)o1)N[C@H]1CCCc2ccccc21. The molecule has 1 amide bonds. The lowest BCUT2D eigenvalue weighted by Crippen LogP contribution is -2.32. The Morgan fingerprint density at radius 2 is 2.03 bits per heavy atom. The quantitative estimate of drug-likeness (QED) is 0.478. The third-order valence-electron chi connectivity index (χ3n) is 5.26. The minimum atomic E-state index is -0.0245. The molecule has 0 fully saturated rings. The summed E-state index contributed by atoms with van der Waals surface area (Å²) >= 11 is 1.26. The Morgan fingerprint density at radius 3 is 3.00 bits per heavy atom. The molecule has 6 nitrogen and oxygen atoms in total. The van der Waals surface area contributed by atoms with E-state index in [9.17, 15) is 4.79 Å². The van der Waals surface area contributed by atoms with Crippen LogP contribution in [0.2, 0.25) is 0 Å². The number of hydrogen-bond donors (Lipinski definition) is 2. The summed E-state index contributed by atoms with van der Waals surface area (Å²) < 4.78 is 5.77. The van der Waals surface area contributed by atoms with Gasteiger partial charge in [0.25, 0.3) is 11.1 Å². The van der Waals surface area contributed by atoms with Crippen LogP contribution in [0.15, 0.2) is 64.4 Å². The van der Waals surface area contributed by atoms with Crippen molar-refractivity contribution in [3.05, 3.63) is 65.9 Å². The van der Waals surface area contributed by atoms with Crippen LogP contribution in [0.25, 0.3) is 22.4 Å². The zero-order chi connectivity index (χ0) is 19.6. The molecule has 7 heteroatoms. The molecule has 2 aromatic carbocycles. The highest BCUT2D eigenvalue weighted by Gasteiger charge is 2.22. The monoisotopic (exact) mass is 404 g/mol. The number of carbonyl (C=O) groups excluding carboxylic acids is 1. The molecule has 4 aromatic rings. The number of hydrogen-bond acceptors (Lipinski definition) is 5. The lowest BCUT2D eigenvalue weighted by atomic mass is 9.88. The fraction of sp³-hybridized carbons (Fsp3) is 0.227. The molecular formula is C22H20N4O2S. The number of thioether (sulfide) groups is 1. The number of benzene rings is 2. The molecule has 0 bridgehead atoms. The molecule has 0 aliphatic heterocycles. The van der Waals surface area contributed by atoms with Gasteiger partial charge in [-0.15, -0.1) is 10.2 Å². The molecular weight excluding hydrogens is 384 g/mol. The van der Waals surface area contributed by atoms with Gasteiger partial charge >= 0.3 is 0 Å². The van der Waals surface area contributed by atoms with Crippen LogP contribution >= 0.6 is 11.8 Å². The number of rotatable bonds is 5. The van der Waals surface area contributed by atoms with Crippen molar-refractivity contribution in [3.8, 4) is 11.5 Å². The van der Waals surface area contributed by atoms with Crippen LogP contribution in [0.5, 0.6) is 0 Å². The van der Waals surface area contributed by atoms with Crippen molar-refractivity contribution >= 4 is 28.6 Å². The van der Waals surface area contributed by atoms with Gasteiger partial charge in [0.1, 0.15) is 0 Å². The molecule has 2 aromatic heterocycles. The second-order valence-electron chi connectivity index (χ2n) is 7.12. The van der Waals surface area contributed by atoms with Gasteiger partial charge in [0.15, 0.2) is 0 Å². The lowest BCUT2D eigenvalue weighted by Gasteiger charge is -2.26. The fourth-order valence-corrected chi connectivity index (χ4v) is 4.47. The Labute approximate surface area is 172 Å². The van der Waals surface area contributed by atoms with E-state index in [-0.39, 0.29) is 17.7 Å². The first-order valence-electron chi connectivity index (χ1n) is 9.68. The summed E-state index contributed by atoms with van der Waals surface area (Å²) in [5, 5.41) is 12.8. The Morgan fingerprint density at radius 1 is 1.17 bits per heavy atom. The van der Waals surface area contributed by atoms with Crippen molar-refractivity contribution in [2.24, 2.45) is 0 Å². The van der Waals surface area contributed by atoms with E-state index in [1.165, 1.54) is 22.9 Å². The summed E-state index contributed by atoms with van der Waals surface area (Å²) in [7, 11) is 0. The van der Waals surface area contributed by atoms with Gasteiger partial charge in [0.2, 0.25) is 5.91 Å². The molecule has 0 saturated carbocycles. The Bertz CT molecular complexity index is 1170. The first-order chi connectivity index (χ1) is 14.3. The maximum absolute atomic E-state index is 12.5. The highest BCUT2D eigenvalue weighted by Crippen LogP contribution is 2.31. The standard InChI is InChI=1S/C22H20N4O2S/c27-20(24-19-11-5-7-14-6-1-2-8-15(14)19)13-29-22-26-25-21(28-22)17-12-23-18-10-4-3-9-16(17)18/h1-4,6,8-10,12,19,23H,5,7,11,13H2,(H,24,27)/t19-/m0/s1. The molecule has 0 spiro atoms. The van der Waals surface area contributed by atoms with Crippen molar-refractivity contribution in [1.82, 2.24) is 20.5 Å². The normalized spacial score (nSPS) is 15.9. The molecule has 1 aliphatic carbocycles. The van der Waals surface area contributed by atoms with Gasteiger partial charge < -0.3 is 14.7 Å². The molecule has 0 unspecified atom stereocenters. The molecule has 146 valence electrons. The summed E-state index contributed by atoms with van der Waals surface area (Å²) in [5.74, 6) is 0.670. The summed E-state index contributed by atoms with van der Waals surface area (Å²) in [4.78, 5) is 15.7. The minimum absolute atomic E-state index is 0.0245. The van der Waals surface area contributed by atoms with Crippen LogP contribution in [0.3, 0.4) is 0 Å². The number of aromatic nitrogens is 3. The van der Waals surface area contributed by atoms with Crippen molar-refractivity contribution < 1.29 is 9.21 Å². The zero-order valence-electron chi connectivity index (χ0n) is 15.7. The number of para-hydroxylation sites is 1. The maximum atomic E-state index is 12.5. The number of aryl methyl sites for hydroxylation is 1. The highest BCUT2D eigenvalue weighted by atomic mass is 32.2. The van der Waals surface area contributed by atoms with Gasteiger partial charge in [-0.2, -0.15) is 0 Å². The molecule has 2 N–H and O–H groups in total. The van der Waals surface area contributed by atoms with Crippen LogP contribution in [-0.4, -0.2) is 26.8 Å². The predicted octanol–water partition coefficient (Wildman–Crippen LogP) is 4.50. The smallest absolute Gasteiger partial charge is 0.277 e. The van der Waals surface area contributed by atoms with Crippen molar-refractivity contribution in [1.29, 1.82) is 0 Å². The summed E-state index contributed by atoms with van der Waals surface area (Å²) in [6.07, 6.45) is 5.00. The maximum Gasteiger partial charge on any atom is 0.277 e. The van der Waals surface area contributed by atoms with Crippen LogP contribution in [0, 0.1) is 0 Å². The number of fused-ring (bicyclic) bond motifs is 2. The number of amides is 1. The molecule has 5 rings (SSSR count). The summed E-state index contributed by atoms with van der Waals surface area (Å²) in [5.41, 5.74) is 4.44. The van der Waals surface area contributed by atoms with Gasteiger partial charge in [-0.25, -0.2) is 0 Å². The first-order valence-corrected chi connectivity index (χ1v) is 10.7. The largest absolute Gasteiger partial charge is 0.411 e. The van der Waals surface area contributed by atoms with Gasteiger partial charge in [-0.05, 0) is 36.5 Å². The van der Waals surface area contributed by atoms with Crippen molar-refractivity contribution in [2.45, 2.75) is 30.5 Å². The average molecular weight is 404 g/mol. The molecule has 2 heterocycles. The summed E-state index contributed by atoms with van der Waals surface area (Å²) in [6.45, 7) is 0. The van der Waals surface area contributed by atoms with E-state index in [0.29, 0.717) is 11.1 Å². The number of nitrogens with zero attached hydrogens (tertiary/aromatic N) is 2. The zero-order valence-corrected chi connectivity index (χ0v) is 16.5. The molecule has 0 radical (unpaired) electrons. The third-order valence-corrected chi connectivity index (χ3v) is 6.08.